The van der Waals surface area contributed by atoms with Crippen LogP contribution in [0.2, 0.25) is 0 Å². The van der Waals surface area contributed by atoms with Crippen LogP contribution in [0.15, 0.2) is 34.2 Å². The van der Waals surface area contributed by atoms with E-state index in [1.54, 1.807) is 13.1 Å². The minimum atomic E-state index is -0.290. The van der Waals surface area contributed by atoms with Gasteiger partial charge in [0.05, 0.1) is 12.8 Å². The SMILES string of the molecule is CCCCCOc1ccc(/C=N/Nc2nnc(C)c(=O)[nH]2)cc1. The van der Waals surface area contributed by atoms with Crippen molar-refractivity contribution in [1.82, 2.24) is 15.2 Å². The van der Waals surface area contributed by atoms with Gasteiger partial charge in [-0.05, 0) is 43.2 Å². The fourth-order valence-electron chi connectivity index (χ4n) is 1.80. The van der Waals surface area contributed by atoms with Crippen molar-refractivity contribution in [3.63, 3.8) is 0 Å². The second kappa shape index (κ2) is 8.67. The number of H-pyrrole nitrogens is 1. The van der Waals surface area contributed by atoms with Crippen LogP contribution in [-0.2, 0) is 0 Å². The number of hydrogen-bond acceptors (Lipinski definition) is 6. The van der Waals surface area contributed by atoms with Crippen LogP contribution in [0, 0.1) is 6.92 Å². The van der Waals surface area contributed by atoms with E-state index in [4.69, 9.17) is 4.74 Å². The Balaban J connectivity index is 1.85. The van der Waals surface area contributed by atoms with E-state index in [0.717, 1.165) is 24.3 Å². The molecule has 0 bridgehead atoms. The third-order valence-electron chi connectivity index (χ3n) is 3.14. The Morgan fingerprint density at radius 2 is 2.04 bits per heavy atom. The number of hydrogen-bond donors (Lipinski definition) is 2. The quantitative estimate of drug-likeness (QED) is 0.443. The highest BCUT2D eigenvalue weighted by atomic mass is 16.5. The summed E-state index contributed by atoms with van der Waals surface area (Å²) in [7, 11) is 0. The van der Waals surface area contributed by atoms with Gasteiger partial charge in [0.1, 0.15) is 11.4 Å². The van der Waals surface area contributed by atoms with E-state index >= 15 is 0 Å². The molecule has 1 heterocycles. The van der Waals surface area contributed by atoms with Crippen molar-refractivity contribution in [3.05, 3.63) is 45.9 Å². The van der Waals surface area contributed by atoms with Crippen LogP contribution >= 0.6 is 0 Å². The van der Waals surface area contributed by atoms with E-state index in [9.17, 15) is 4.79 Å². The average Bonchev–Trinajstić information content (AvgIpc) is 2.56. The van der Waals surface area contributed by atoms with Crippen molar-refractivity contribution in [2.45, 2.75) is 33.1 Å². The van der Waals surface area contributed by atoms with Gasteiger partial charge in [0.2, 0.25) is 5.95 Å². The first-order valence-corrected chi connectivity index (χ1v) is 7.64. The molecule has 0 unspecified atom stereocenters. The van der Waals surface area contributed by atoms with E-state index in [1.807, 2.05) is 24.3 Å². The van der Waals surface area contributed by atoms with Gasteiger partial charge in [-0.2, -0.15) is 5.10 Å². The second-order valence-electron chi connectivity index (χ2n) is 5.08. The van der Waals surface area contributed by atoms with E-state index in [-0.39, 0.29) is 11.5 Å². The number of nitrogens with zero attached hydrogens (tertiary/aromatic N) is 3. The molecule has 0 aliphatic rings. The first-order chi connectivity index (χ1) is 11.2. The summed E-state index contributed by atoms with van der Waals surface area (Å²) < 4.78 is 5.64. The molecule has 0 spiro atoms. The van der Waals surface area contributed by atoms with Gasteiger partial charge < -0.3 is 4.74 Å². The minimum absolute atomic E-state index is 0.202. The number of aromatic amines is 1. The molecule has 0 aliphatic carbocycles. The molecule has 0 fully saturated rings. The molecule has 0 radical (unpaired) electrons. The van der Waals surface area contributed by atoms with Gasteiger partial charge >= 0.3 is 0 Å². The zero-order chi connectivity index (χ0) is 16.5. The average molecular weight is 315 g/mol. The van der Waals surface area contributed by atoms with Crippen molar-refractivity contribution in [2.75, 3.05) is 12.0 Å². The van der Waals surface area contributed by atoms with E-state index in [0.29, 0.717) is 5.69 Å². The number of ether oxygens (including phenoxy) is 1. The molecule has 2 rings (SSSR count). The van der Waals surface area contributed by atoms with Crippen molar-refractivity contribution in [2.24, 2.45) is 5.10 Å². The molecule has 1 aromatic carbocycles. The van der Waals surface area contributed by atoms with Gasteiger partial charge in [-0.15, -0.1) is 10.2 Å². The fraction of sp³-hybridized carbons (Fsp3) is 0.375. The summed E-state index contributed by atoms with van der Waals surface area (Å²) >= 11 is 0. The summed E-state index contributed by atoms with van der Waals surface area (Å²) in [6.45, 7) is 4.49. The van der Waals surface area contributed by atoms with Crippen molar-refractivity contribution >= 4 is 12.2 Å². The number of hydrazone groups is 1. The molecule has 0 atom stereocenters. The molecule has 0 saturated carbocycles. The summed E-state index contributed by atoms with van der Waals surface area (Å²) in [5.74, 6) is 1.05. The largest absolute Gasteiger partial charge is 0.494 e. The molecular formula is C16H21N5O2. The number of rotatable bonds is 8. The van der Waals surface area contributed by atoms with Gasteiger partial charge in [-0.25, -0.2) is 5.43 Å². The number of anilines is 1. The molecule has 23 heavy (non-hydrogen) atoms. The summed E-state index contributed by atoms with van der Waals surface area (Å²) in [4.78, 5) is 13.9. The monoisotopic (exact) mass is 315 g/mol. The minimum Gasteiger partial charge on any atom is -0.494 e. The molecule has 0 amide bonds. The van der Waals surface area contributed by atoms with Gasteiger partial charge in [-0.1, -0.05) is 19.8 Å². The summed E-state index contributed by atoms with van der Waals surface area (Å²) in [5, 5.41) is 11.5. The van der Waals surface area contributed by atoms with Gasteiger partial charge in [0.25, 0.3) is 5.56 Å². The van der Waals surface area contributed by atoms with Gasteiger partial charge in [-0.3, -0.25) is 9.78 Å². The molecule has 7 heteroatoms. The van der Waals surface area contributed by atoms with Crippen LogP contribution < -0.4 is 15.7 Å². The molecule has 122 valence electrons. The number of aryl methyl sites for hydroxylation is 1. The predicted molar refractivity (Wildman–Crippen MR) is 90.1 cm³/mol. The third kappa shape index (κ3) is 5.54. The first kappa shape index (κ1) is 16.7. The number of benzene rings is 1. The Morgan fingerprint density at radius 1 is 1.26 bits per heavy atom. The summed E-state index contributed by atoms with van der Waals surface area (Å²) in [6, 6.07) is 7.62. The highest BCUT2D eigenvalue weighted by Crippen LogP contribution is 2.12. The van der Waals surface area contributed by atoms with Crippen molar-refractivity contribution in [3.8, 4) is 5.75 Å². The number of nitrogens with one attached hydrogen (secondary N) is 2. The molecule has 7 nitrogen and oxygen atoms in total. The van der Waals surface area contributed by atoms with Crippen LogP contribution in [0.1, 0.15) is 37.4 Å². The van der Waals surface area contributed by atoms with Crippen molar-refractivity contribution < 1.29 is 4.74 Å². The molecule has 1 aromatic heterocycles. The predicted octanol–water partition coefficient (Wildman–Crippen LogP) is 2.49. The van der Waals surface area contributed by atoms with Crippen molar-refractivity contribution in [1.29, 1.82) is 0 Å². The normalized spacial score (nSPS) is 10.9. The Kier molecular flexibility index (Phi) is 6.28. The van der Waals surface area contributed by atoms with E-state index < -0.39 is 0 Å². The lowest BCUT2D eigenvalue weighted by molar-refractivity contribution is 0.306. The lowest BCUT2D eigenvalue weighted by atomic mass is 10.2. The third-order valence-corrected chi connectivity index (χ3v) is 3.14. The lowest BCUT2D eigenvalue weighted by Gasteiger charge is -2.05. The van der Waals surface area contributed by atoms with E-state index in [2.05, 4.69) is 32.6 Å². The van der Waals surface area contributed by atoms with Gasteiger partial charge in [0.15, 0.2) is 0 Å². The van der Waals surface area contributed by atoms with Crippen LogP contribution in [0.4, 0.5) is 5.95 Å². The fourth-order valence-corrected chi connectivity index (χ4v) is 1.80. The zero-order valence-electron chi connectivity index (χ0n) is 13.4. The highest BCUT2D eigenvalue weighted by molar-refractivity contribution is 5.80. The maximum atomic E-state index is 11.4. The van der Waals surface area contributed by atoms with Crippen LogP contribution in [0.5, 0.6) is 5.75 Å². The first-order valence-electron chi connectivity index (χ1n) is 7.64. The smallest absolute Gasteiger partial charge is 0.274 e. The molecule has 0 aliphatic heterocycles. The summed E-state index contributed by atoms with van der Waals surface area (Å²) in [5.41, 5.74) is 3.56. The Hall–Kier alpha value is -2.70. The number of aromatic nitrogens is 3. The van der Waals surface area contributed by atoms with Crippen LogP contribution in [0.25, 0.3) is 0 Å². The maximum Gasteiger partial charge on any atom is 0.274 e. The molecule has 0 saturated heterocycles. The Labute approximate surface area is 134 Å². The Bertz CT molecular complexity index is 694. The lowest BCUT2D eigenvalue weighted by Crippen LogP contribution is -2.15. The van der Waals surface area contributed by atoms with Crippen LogP contribution in [0.3, 0.4) is 0 Å². The van der Waals surface area contributed by atoms with E-state index in [1.165, 1.54) is 12.8 Å². The topological polar surface area (TPSA) is 92.3 Å². The maximum absolute atomic E-state index is 11.4. The second-order valence-corrected chi connectivity index (χ2v) is 5.08. The number of unbranched alkanes of at least 4 members (excludes halogenated alkanes) is 2. The van der Waals surface area contributed by atoms with Gasteiger partial charge in [0, 0.05) is 0 Å². The molecule has 2 aromatic rings. The Morgan fingerprint density at radius 3 is 2.74 bits per heavy atom. The zero-order valence-corrected chi connectivity index (χ0v) is 13.4. The summed E-state index contributed by atoms with van der Waals surface area (Å²) in [6.07, 6.45) is 5.06. The standard InChI is InChI=1S/C16H21N5O2/c1-3-4-5-10-23-14-8-6-13(7-9-14)11-17-20-16-18-15(22)12(2)19-21-16/h6-9,11H,3-5,10H2,1-2H3,(H2,18,20,21,22)/b17-11+. The molecule has 2 N–H and O–H groups in total. The van der Waals surface area contributed by atoms with Crippen LogP contribution in [-0.4, -0.2) is 28.0 Å². The molecular weight excluding hydrogens is 294 g/mol. The highest BCUT2D eigenvalue weighted by Gasteiger charge is 1.98.